The second-order valence-electron chi connectivity index (χ2n) is 8.67. The van der Waals surface area contributed by atoms with Gasteiger partial charge in [-0.05, 0) is 51.2 Å². The topological polar surface area (TPSA) is 53.4 Å². The molecule has 1 saturated heterocycles. The van der Waals surface area contributed by atoms with Crippen LogP contribution in [0.15, 0.2) is 30.3 Å². The number of nitrogens with zero attached hydrogens (tertiary/aromatic N) is 4. The number of likely N-dealkylation sites (tertiary alicyclic amines) is 1. The number of rotatable bonds is 3. The van der Waals surface area contributed by atoms with E-state index >= 15 is 0 Å². The fourth-order valence-electron chi connectivity index (χ4n) is 3.39. The van der Waals surface area contributed by atoms with Gasteiger partial charge in [0.1, 0.15) is 11.6 Å². The molecule has 6 nitrogen and oxygen atoms in total. The highest BCUT2D eigenvalue weighted by Crippen LogP contribution is 2.27. The summed E-state index contributed by atoms with van der Waals surface area (Å²) in [4.78, 5) is 16.9. The molecule has 1 aromatic carbocycles. The van der Waals surface area contributed by atoms with E-state index < -0.39 is 0 Å². The predicted molar refractivity (Wildman–Crippen MR) is 110 cm³/mol. The highest BCUT2D eigenvalue weighted by atomic mass is 19.1. The van der Waals surface area contributed by atoms with Gasteiger partial charge in [-0.2, -0.15) is 5.10 Å². The van der Waals surface area contributed by atoms with Gasteiger partial charge >= 0.3 is 6.03 Å². The number of benzene rings is 1. The fraction of sp³-hybridized carbons (Fsp3) is 0.524. The molecule has 1 aliphatic rings. The first-order chi connectivity index (χ1) is 13.1. The number of carbonyl (C=O) groups is 1. The smallest absolute Gasteiger partial charge is 0.323 e. The van der Waals surface area contributed by atoms with Crippen molar-refractivity contribution < 1.29 is 9.18 Å². The molecule has 0 unspecified atom stereocenters. The van der Waals surface area contributed by atoms with Crippen molar-refractivity contribution in [2.24, 2.45) is 0 Å². The van der Waals surface area contributed by atoms with Crippen LogP contribution in [-0.4, -0.2) is 58.8 Å². The van der Waals surface area contributed by atoms with Gasteiger partial charge in [-0.1, -0.05) is 20.8 Å². The van der Waals surface area contributed by atoms with Gasteiger partial charge in [-0.3, -0.25) is 5.32 Å². The minimum absolute atomic E-state index is 0.124. The van der Waals surface area contributed by atoms with E-state index in [0.29, 0.717) is 17.5 Å². The average molecular weight is 388 g/mol. The van der Waals surface area contributed by atoms with Crippen molar-refractivity contribution in [1.82, 2.24) is 19.6 Å². The summed E-state index contributed by atoms with van der Waals surface area (Å²) in [5, 5.41) is 7.68. The summed E-state index contributed by atoms with van der Waals surface area (Å²) in [6.07, 6.45) is 1.93. The molecule has 1 aliphatic heterocycles. The first-order valence-electron chi connectivity index (χ1n) is 9.74. The molecule has 7 heteroatoms. The van der Waals surface area contributed by atoms with Gasteiger partial charge in [0.25, 0.3) is 0 Å². The molecule has 2 amide bonds. The minimum Gasteiger partial charge on any atom is -0.324 e. The van der Waals surface area contributed by atoms with Crippen LogP contribution >= 0.6 is 0 Å². The predicted octanol–water partition coefficient (Wildman–Crippen LogP) is 3.87. The van der Waals surface area contributed by atoms with Gasteiger partial charge < -0.3 is 9.80 Å². The number of aromatic nitrogens is 2. The lowest BCUT2D eigenvalue weighted by atomic mass is 9.92. The maximum absolute atomic E-state index is 13.3. The van der Waals surface area contributed by atoms with Gasteiger partial charge in [-0.15, -0.1) is 0 Å². The number of amides is 2. The van der Waals surface area contributed by atoms with E-state index in [0.717, 1.165) is 31.6 Å². The number of hydrogen-bond donors (Lipinski definition) is 1. The third kappa shape index (κ3) is 4.52. The van der Waals surface area contributed by atoms with E-state index in [2.05, 4.69) is 50.2 Å². The van der Waals surface area contributed by atoms with Crippen LogP contribution < -0.4 is 5.32 Å². The zero-order chi connectivity index (χ0) is 20.5. The Hall–Kier alpha value is -2.41. The summed E-state index contributed by atoms with van der Waals surface area (Å²) in [5.74, 6) is 0.289. The van der Waals surface area contributed by atoms with Gasteiger partial charge in [0.2, 0.25) is 0 Å². The first-order valence-corrected chi connectivity index (χ1v) is 9.74. The Morgan fingerprint density at radius 2 is 1.79 bits per heavy atom. The molecule has 3 rings (SSSR count). The van der Waals surface area contributed by atoms with Crippen LogP contribution in [0.3, 0.4) is 0 Å². The SMILES string of the molecule is CN(C)C1CCN(C(=O)Nc2cc(C(C)(C)C)nn2-c2ccc(F)cc2)CC1. The Bertz CT molecular complexity index is 814. The van der Waals surface area contributed by atoms with Crippen LogP contribution in [0.1, 0.15) is 39.3 Å². The number of anilines is 1. The Morgan fingerprint density at radius 1 is 1.18 bits per heavy atom. The Balaban J connectivity index is 1.81. The molecule has 152 valence electrons. The summed E-state index contributed by atoms with van der Waals surface area (Å²) < 4.78 is 15.0. The second kappa shape index (κ2) is 7.91. The lowest BCUT2D eigenvalue weighted by molar-refractivity contribution is 0.156. The zero-order valence-corrected chi connectivity index (χ0v) is 17.4. The normalized spacial score (nSPS) is 15.9. The molecule has 0 bridgehead atoms. The van der Waals surface area contributed by atoms with Crippen molar-refractivity contribution in [3.05, 3.63) is 41.8 Å². The fourth-order valence-corrected chi connectivity index (χ4v) is 3.39. The van der Waals surface area contributed by atoms with E-state index in [4.69, 9.17) is 0 Å². The molecule has 2 heterocycles. The van der Waals surface area contributed by atoms with E-state index in [-0.39, 0.29) is 17.3 Å². The standard InChI is InChI=1S/C21H30FN5O/c1-21(2,3)18-14-19(27(24-18)17-8-6-15(22)7-9-17)23-20(28)26-12-10-16(11-13-26)25(4)5/h6-9,14,16H,10-13H2,1-5H3,(H,23,28). The third-order valence-corrected chi connectivity index (χ3v) is 5.27. The van der Waals surface area contributed by atoms with Crippen LogP contribution in [0.4, 0.5) is 15.0 Å². The van der Waals surface area contributed by atoms with Gasteiger partial charge in [0, 0.05) is 30.6 Å². The molecule has 0 saturated carbocycles. The third-order valence-electron chi connectivity index (χ3n) is 5.27. The van der Waals surface area contributed by atoms with Crippen molar-refractivity contribution in [2.45, 2.75) is 45.1 Å². The van der Waals surface area contributed by atoms with E-state index in [1.54, 1.807) is 16.8 Å². The molecule has 1 aromatic heterocycles. The Labute approximate surface area is 166 Å². The van der Waals surface area contributed by atoms with Crippen LogP contribution in [-0.2, 0) is 5.41 Å². The van der Waals surface area contributed by atoms with Gasteiger partial charge in [-0.25, -0.2) is 13.9 Å². The van der Waals surface area contributed by atoms with Crippen LogP contribution in [0.5, 0.6) is 0 Å². The average Bonchev–Trinajstić information content (AvgIpc) is 3.06. The molecule has 0 aliphatic carbocycles. The highest BCUT2D eigenvalue weighted by molar-refractivity contribution is 5.89. The number of urea groups is 1. The Morgan fingerprint density at radius 3 is 2.32 bits per heavy atom. The second-order valence-corrected chi connectivity index (χ2v) is 8.67. The first kappa shape index (κ1) is 20.3. The summed E-state index contributed by atoms with van der Waals surface area (Å²) in [6, 6.07) is 8.40. The summed E-state index contributed by atoms with van der Waals surface area (Å²) >= 11 is 0. The number of nitrogens with one attached hydrogen (secondary N) is 1. The van der Waals surface area contributed by atoms with Crippen molar-refractivity contribution in [3.63, 3.8) is 0 Å². The molecular formula is C21H30FN5O. The van der Waals surface area contributed by atoms with Crippen molar-refractivity contribution in [1.29, 1.82) is 0 Å². The van der Waals surface area contributed by atoms with E-state index in [1.165, 1.54) is 12.1 Å². The quantitative estimate of drug-likeness (QED) is 0.870. The largest absolute Gasteiger partial charge is 0.324 e. The number of carbonyl (C=O) groups excluding carboxylic acids is 1. The van der Waals surface area contributed by atoms with Gasteiger partial charge in [0.15, 0.2) is 0 Å². The van der Waals surface area contributed by atoms with Crippen LogP contribution in [0, 0.1) is 5.82 Å². The number of piperidine rings is 1. The minimum atomic E-state index is -0.304. The molecule has 0 spiro atoms. The lowest BCUT2D eigenvalue weighted by Crippen LogP contribution is -2.46. The molecule has 2 aromatic rings. The Kier molecular flexibility index (Phi) is 5.74. The molecular weight excluding hydrogens is 357 g/mol. The van der Waals surface area contributed by atoms with E-state index in [1.807, 2.05) is 11.0 Å². The zero-order valence-electron chi connectivity index (χ0n) is 17.4. The monoisotopic (exact) mass is 387 g/mol. The summed E-state index contributed by atoms with van der Waals surface area (Å²) in [6.45, 7) is 7.67. The number of halogens is 1. The molecule has 1 N–H and O–H groups in total. The molecule has 28 heavy (non-hydrogen) atoms. The van der Waals surface area contributed by atoms with Gasteiger partial charge in [0.05, 0.1) is 11.4 Å². The molecule has 1 fully saturated rings. The summed E-state index contributed by atoms with van der Waals surface area (Å²) in [7, 11) is 4.16. The highest BCUT2D eigenvalue weighted by Gasteiger charge is 2.26. The van der Waals surface area contributed by atoms with E-state index in [9.17, 15) is 9.18 Å². The van der Waals surface area contributed by atoms with Crippen LogP contribution in [0.25, 0.3) is 5.69 Å². The van der Waals surface area contributed by atoms with Crippen molar-refractivity contribution >= 4 is 11.8 Å². The number of hydrogen-bond acceptors (Lipinski definition) is 3. The lowest BCUT2D eigenvalue weighted by Gasteiger charge is -2.35. The summed E-state index contributed by atoms with van der Waals surface area (Å²) in [5.41, 5.74) is 1.39. The maximum atomic E-state index is 13.3. The maximum Gasteiger partial charge on any atom is 0.323 e. The van der Waals surface area contributed by atoms with Crippen molar-refractivity contribution in [2.75, 3.05) is 32.5 Å². The molecule has 0 atom stereocenters. The van der Waals surface area contributed by atoms with Crippen LogP contribution in [0.2, 0.25) is 0 Å². The molecule has 0 radical (unpaired) electrons. The van der Waals surface area contributed by atoms with Crippen molar-refractivity contribution in [3.8, 4) is 5.69 Å².